The number of benzene rings is 2. The fourth-order valence-electron chi connectivity index (χ4n) is 2.63. The van der Waals surface area contributed by atoms with Crippen molar-refractivity contribution in [3.8, 4) is 11.4 Å². The molecule has 0 saturated heterocycles. The summed E-state index contributed by atoms with van der Waals surface area (Å²) in [6.07, 6.45) is 3.68. The molecule has 0 atom stereocenters. The van der Waals surface area contributed by atoms with Crippen LogP contribution in [0.5, 0.6) is 0 Å². The van der Waals surface area contributed by atoms with E-state index in [9.17, 15) is 4.79 Å². The zero-order chi connectivity index (χ0) is 16.1. The summed E-state index contributed by atoms with van der Waals surface area (Å²) in [6, 6.07) is 15.7. The van der Waals surface area contributed by atoms with Gasteiger partial charge in [-0.1, -0.05) is 44.0 Å². The molecule has 2 N–H and O–H groups in total. The Balaban J connectivity index is 1.84. The molecule has 1 aromatic heterocycles. The molecule has 2 aromatic carbocycles. The van der Waals surface area contributed by atoms with Crippen molar-refractivity contribution in [3.63, 3.8) is 0 Å². The molecule has 1 amide bonds. The number of para-hydroxylation sites is 3. The van der Waals surface area contributed by atoms with Gasteiger partial charge < -0.3 is 10.3 Å². The SMILES string of the molecule is CCCCCC(=O)Nc1ccccc1-c1nc2ccccc2[nH]1. The predicted molar refractivity (Wildman–Crippen MR) is 94.3 cm³/mol. The van der Waals surface area contributed by atoms with Crippen LogP contribution in [0.25, 0.3) is 22.4 Å². The molecule has 0 saturated carbocycles. The van der Waals surface area contributed by atoms with Crippen LogP contribution in [0.1, 0.15) is 32.6 Å². The molecule has 0 aliphatic heterocycles. The Labute approximate surface area is 136 Å². The molecule has 0 bridgehead atoms. The molecule has 0 aliphatic rings. The Morgan fingerprint density at radius 2 is 1.87 bits per heavy atom. The Morgan fingerprint density at radius 1 is 1.09 bits per heavy atom. The van der Waals surface area contributed by atoms with Crippen molar-refractivity contribution in [2.24, 2.45) is 0 Å². The van der Waals surface area contributed by atoms with Crippen LogP contribution in [-0.2, 0) is 4.79 Å². The van der Waals surface area contributed by atoms with E-state index < -0.39 is 0 Å². The van der Waals surface area contributed by atoms with Crippen LogP contribution in [0.2, 0.25) is 0 Å². The van der Waals surface area contributed by atoms with E-state index in [1.165, 1.54) is 0 Å². The molecule has 4 heteroatoms. The van der Waals surface area contributed by atoms with Gasteiger partial charge in [-0.05, 0) is 30.7 Å². The van der Waals surface area contributed by atoms with Crippen molar-refractivity contribution in [1.82, 2.24) is 9.97 Å². The van der Waals surface area contributed by atoms with Gasteiger partial charge in [0.2, 0.25) is 5.91 Å². The number of aromatic amines is 1. The lowest BCUT2D eigenvalue weighted by Crippen LogP contribution is -2.11. The number of nitrogens with zero attached hydrogens (tertiary/aromatic N) is 1. The number of carbonyl (C=O) groups excluding carboxylic acids is 1. The third-order valence-electron chi connectivity index (χ3n) is 3.85. The van der Waals surface area contributed by atoms with Gasteiger partial charge >= 0.3 is 0 Å². The molecular weight excluding hydrogens is 286 g/mol. The van der Waals surface area contributed by atoms with Gasteiger partial charge in [0.1, 0.15) is 5.82 Å². The first kappa shape index (κ1) is 15.3. The van der Waals surface area contributed by atoms with Gasteiger partial charge in [0, 0.05) is 12.0 Å². The molecular formula is C19H21N3O. The van der Waals surface area contributed by atoms with Crippen LogP contribution in [0.15, 0.2) is 48.5 Å². The molecule has 3 aromatic rings. The van der Waals surface area contributed by atoms with Crippen molar-refractivity contribution < 1.29 is 4.79 Å². The van der Waals surface area contributed by atoms with Crippen LogP contribution in [-0.4, -0.2) is 15.9 Å². The minimum absolute atomic E-state index is 0.0574. The summed E-state index contributed by atoms with van der Waals surface area (Å²) in [4.78, 5) is 20.0. The number of hydrogen-bond acceptors (Lipinski definition) is 2. The van der Waals surface area contributed by atoms with E-state index in [4.69, 9.17) is 0 Å². The largest absolute Gasteiger partial charge is 0.338 e. The molecule has 4 nitrogen and oxygen atoms in total. The predicted octanol–water partition coefficient (Wildman–Crippen LogP) is 4.75. The summed E-state index contributed by atoms with van der Waals surface area (Å²) < 4.78 is 0. The average molecular weight is 307 g/mol. The van der Waals surface area contributed by atoms with Crippen LogP contribution < -0.4 is 5.32 Å². The lowest BCUT2D eigenvalue weighted by atomic mass is 10.1. The zero-order valence-electron chi connectivity index (χ0n) is 13.3. The first-order valence-corrected chi connectivity index (χ1v) is 8.12. The van der Waals surface area contributed by atoms with Gasteiger partial charge in [-0.3, -0.25) is 4.79 Å². The van der Waals surface area contributed by atoms with E-state index in [-0.39, 0.29) is 5.91 Å². The first-order valence-electron chi connectivity index (χ1n) is 8.12. The Kier molecular flexibility index (Phi) is 4.71. The molecule has 23 heavy (non-hydrogen) atoms. The monoisotopic (exact) mass is 307 g/mol. The van der Waals surface area contributed by atoms with Crippen LogP contribution in [0, 0.1) is 0 Å². The molecule has 118 valence electrons. The summed E-state index contributed by atoms with van der Waals surface area (Å²) in [5.74, 6) is 0.831. The van der Waals surface area contributed by atoms with E-state index in [1.54, 1.807) is 0 Å². The maximum Gasteiger partial charge on any atom is 0.224 e. The number of nitrogens with one attached hydrogen (secondary N) is 2. The van der Waals surface area contributed by atoms with E-state index in [1.807, 2.05) is 48.5 Å². The summed E-state index contributed by atoms with van der Waals surface area (Å²) in [7, 11) is 0. The average Bonchev–Trinajstić information content (AvgIpc) is 2.99. The third-order valence-corrected chi connectivity index (χ3v) is 3.85. The topological polar surface area (TPSA) is 57.8 Å². The van der Waals surface area contributed by atoms with Gasteiger partial charge in [0.05, 0.1) is 16.7 Å². The number of unbranched alkanes of at least 4 members (excludes halogenated alkanes) is 2. The number of fused-ring (bicyclic) bond motifs is 1. The second kappa shape index (κ2) is 7.09. The van der Waals surface area contributed by atoms with Crippen molar-refractivity contribution in [2.75, 3.05) is 5.32 Å². The molecule has 0 spiro atoms. The van der Waals surface area contributed by atoms with E-state index >= 15 is 0 Å². The number of imidazole rings is 1. The molecule has 3 rings (SSSR count). The summed E-state index contributed by atoms with van der Waals surface area (Å²) in [5, 5.41) is 3.01. The molecule has 0 unspecified atom stereocenters. The number of hydrogen-bond donors (Lipinski definition) is 2. The van der Waals surface area contributed by atoms with E-state index in [0.717, 1.165) is 47.4 Å². The van der Waals surface area contributed by atoms with Gasteiger partial charge in [-0.25, -0.2) is 4.98 Å². The summed E-state index contributed by atoms with van der Waals surface area (Å²) >= 11 is 0. The minimum atomic E-state index is 0.0574. The molecule has 0 radical (unpaired) electrons. The van der Waals surface area contributed by atoms with Crippen LogP contribution in [0.4, 0.5) is 5.69 Å². The standard InChI is InChI=1S/C19H21N3O/c1-2-3-4-13-18(23)20-15-10-6-5-9-14(15)19-21-16-11-7-8-12-17(16)22-19/h5-12H,2-4,13H2,1H3,(H,20,23)(H,21,22). The van der Waals surface area contributed by atoms with E-state index in [0.29, 0.717) is 6.42 Å². The van der Waals surface area contributed by atoms with E-state index in [2.05, 4.69) is 22.2 Å². The summed E-state index contributed by atoms with van der Waals surface area (Å²) in [5.41, 5.74) is 3.62. The number of amides is 1. The lowest BCUT2D eigenvalue weighted by Gasteiger charge is -2.09. The molecule has 1 heterocycles. The number of H-pyrrole nitrogens is 1. The minimum Gasteiger partial charge on any atom is -0.338 e. The molecule has 0 fully saturated rings. The van der Waals surface area contributed by atoms with Crippen LogP contribution >= 0.6 is 0 Å². The summed E-state index contributed by atoms with van der Waals surface area (Å²) in [6.45, 7) is 2.13. The van der Waals surface area contributed by atoms with Crippen molar-refractivity contribution in [1.29, 1.82) is 0 Å². The fraction of sp³-hybridized carbons (Fsp3) is 0.263. The Hall–Kier alpha value is -2.62. The second-order valence-corrected chi connectivity index (χ2v) is 5.65. The number of rotatable bonds is 6. The normalized spacial score (nSPS) is 10.8. The highest BCUT2D eigenvalue weighted by molar-refractivity contribution is 5.95. The van der Waals surface area contributed by atoms with Gasteiger partial charge in [-0.2, -0.15) is 0 Å². The highest BCUT2D eigenvalue weighted by Gasteiger charge is 2.11. The first-order chi connectivity index (χ1) is 11.3. The van der Waals surface area contributed by atoms with Crippen molar-refractivity contribution in [3.05, 3.63) is 48.5 Å². The van der Waals surface area contributed by atoms with Crippen LogP contribution in [0.3, 0.4) is 0 Å². The Morgan fingerprint density at radius 3 is 2.70 bits per heavy atom. The van der Waals surface area contributed by atoms with Crippen molar-refractivity contribution in [2.45, 2.75) is 32.6 Å². The Bertz CT molecular complexity index is 774. The highest BCUT2D eigenvalue weighted by Crippen LogP contribution is 2.27. The van der Waals surface area contributed by atoms with Gasteiger partial charge in [-0.15, -0.1) is 0 Å². The number of carbonyl (C=O) groups is 1. The lowest BCUT2D eigenvalue weighted by molar-refractivity contribution is -0.116. The second-order valence-electron chi connectivity index (χ2n) is 5.65. The number of aromatic nitrogens is 2. The van der Waals surface area contributed by atoms with Gasteiger partial charge in [0.15, 0.2) is 0 Å². The maximum absolute atomic E-state index is 12.1. The third kappa shape index (κ3) is 3.59. The highest BCUT2D eigenvalue weighted by atomic mass is 16.1. The number of anilines is 1. The fourth-order valence-corrected chi connectivity index (χ4v) is 2.63. The maximum atomic E-state index is 12.1. The zero-order valence-corrected chi connectivity index (χ0v) is 13.3. The van der Waals surface area contributed by atoms with Crippen molar-refractivity contribution >= 4 is 22.6 Å². The quantitative estimate of drug-likeness (QED) is 0.646. The smallest absolute Gasteiger partial charge is 0.224 e. The molecule has 0 aliphatic carbocycles. The van der Waals surface area contributed by atoms with Gasteiger partial charge in [0.25, 0.3) is 0 Å².